The summed E-state index contributed by atoms with van der Waals surface area (Å²) in [4.78, 5) is 43.4. The molecule has 0 bridgehead atoms. The molecule has 1 atom stereocenters. The highest BCUT2D eigenvalue weighted by Gasteiger charge is 2.47. The third-order valence-electron chi connectivity index (χ3n) is 5.82. The highest BCUT2D eigenvalue weighted by molar-refractivity contribution is 7.14. The quantitative estimate of drug-likeness (QED) is 0.504. The van der Waals surface area contributed by atoms with E-state index in [1.54, 1.807) is 6.92 Å². The minimum absolute atomic E-state index is 0.186. The van der Waals surface area contributed by atoms with Crippen molar-refractivity contribution in [1.82, 2.24) is 15.2 Å². The van der Waals surface area contributed by atoms with E-state index in [9.17, 15) is 14.4 Å². The summed E-state index contributed by atoms with van der Waals surface area (Å²) in [6.45, 7) is 1.49. The van der Waals surface area contributed by atoms with E-state index in [-0.39, 0.29) is 13.3 Å². The number of aromatic nitrogens is 1. The van der Waals surface area contributed by atoms with Gasteiger partial charge >= 0.3 is 6.03 Å². The first kappa shape index (κ1) is 21.9. The number of fused-ring (bicyclic) bond motifs is 1. The van der Waals surface area contributed by atoms with Crippen molar-refractivity contribution in [2.75, 3.05) is 18.7 Å². The molecule has 0 spiro atoms. The molecule has 34 heavy (non-hydrogen) atoms. The smallest absolute Gasteiger partial charge is 0.325 e. The lowest BCUT2D eigenvalue weighted by atomic mass is 9.93. The van der Waals surface area contributed by atoms with Crippen LogP contribution in [0.1, 0.15) is 18.9 Å². The maximum Gasteiger partial charge on any atom is 0.325 e. The molecular formula is C24H22N4O5S. The lowest BCUT2D eigenvalue weighted by molar-refractivity contribution is -0.133. The van der Waals surface area contributed by atoms with Crippen LogP contribution in [0.5, 0.6) is 11.5 Å². The first-order chi connectivity index (χ1) is 16.4. The average molecular weight is 479 g/mol. The predicted molar refractivity (Wildman–Crippen MR) is 126 cm³/mol. The molecule has 1 aromatic heterocycles. The zero-order valence-corrected chi connectivity index (χ0v) is 19.2. The van der Waals surface area contributed by atoms with Crippen LogP contribution in [0.3, 0.4) is 0 Å². The van der Waals surface area contributed by atoms with Crippen LogP contribution in [-0.4, -0.2) is 46.6 Å². The molecule has 2 aliphatic heterocycles. The van der Waals surface area contributed by atoms with Crippen LogP contribution in [0.4, 0.5) is 9.93 Å². The van der Waals surface area contributed by atoms with Gasteiger partial charge < -0.3 is 20.1 Å². The number of carbonyl (C=O) groups excluding carboxylic acids is 3. The molecule has 0 aliphatic carbocycles. The number of hydrogen-bond donors (Lipinski definition) is 2. The fourth-order valence-corrected chi connectivity index (χ4v) is 4.66. The van der Waals surface area contributed by atoms with Gasteiger partial charge in [0.05, 0.1) is 5.69 Å². The highest BCUT2D eigenvalue weighted by Crippen LogP contribution is 2.36. The van der Waals surface area contributed by atoms with E-state index < -0.39 is 23.4 Å². The van der Waals surface area contributed by atoms with Gasteiger partial charge in [0, 0.05) is 10.9 Å². The Kier molecular flexibility index (Phi) is 5.66. The average Bonchev–Trinajstić information content (AvgIpc) is 3.54. The van der Waals surface area contributed by atoms with Gasteiger partial charge in [-0.25, -0.2) is 9.78 Å². The van der Waals surface area contributed by atoms with Crippen LogP contribution in [-0.2, 0) is 16.0 Å². The molecule has 3 heterocycles. The Balaban J connectivity index is 1.20. The van der Waals surface area contributed by atoms with Gasteiger partial charge in [0.1, 0.15) is 12.1 Å². The highest BCUT2D eigenvalue weighted by atomic mass is 32.1. The summed E-state index contributed by atoms with van der Waals surface area (Å²) in [5.74, 6) is 0.410. The van der Waals surface area contributed by atoms with Crippen molar-refractivity contribution in [2.24, 2.45) is 0 Å². The van der Waals surface area contributed by atoms with Gasteiger partial charge in [-0.1, -0.05) is 30.3 Å². The van der Waals surface area contributed by atoms with E-state index >= 15 is 0 Å². The molecule has 0 radical (unpaired) electrons. The summed E-state index contributed by atoms with van der Waals surface area (Å²) in [5, 5.41) is 7.59. The summed E-state index contributed by atoms with van der Waals surface area (Å²) >= 11 is 1.25. The number of urea groups is 1. The van der Waals surface area contributed by atoms with Crippen LogP contribution >= 0.6 is 11.3 Å². The van der Waals surface area contributed by atoms with Gasteiger partial charge in [-0.15, -0.1) is 11.3 Å². The normalized spacial score (nSPS) is 18.8. The van der Waals surface area contributed by atoms with Crippen molar-refractivity contribution in [3.63, 3.8) is 0 Å². The molecule has 5 rings (SSSR count). The van der Waals surface area contributed by atoms with E-state index in [1.807, 2.05) is 53.9 Å². The predicted octanol–water partition coefficient (Wildman–Crippen LogP) is 3.42. The molecule has 0 unspecified atom stereocenters. The van der Waals surface area contributed by atoms with Gasteiger partial charge in [0.25, 0.3) is 5.91 Å². The monoisotopic (exact) mass is 478 g/mol. The molecule has 2 aliphatic rings. The standard InChI is InChI=1S/C24H22N4O5S/c1-24(10-9-15-5-3-2-4-6-15)21(30)28(23(31)27-24)12-20(29)26-22-25-17(13-34-22)16-7-8-18-19(11-16)33-14-32-18/h2-8,11,13H,9-10,12,14H2,1H3,(H,27,31)(H,25,26,29)/t24-/m0/s1. The number of nitrogens with one attached hydrogen (secondary N) is 2. The molecule has 0 saturated carbocycles. The number of benzene rings is 2. The van der Waals surface area contributed by atoms with E-state index in [1.165, 1.54) is 11.3 Å². The minimum atomic E-state index is -1.05. The summed E-state index contributed by atoms with van der Waals surface area (Å²) in [6.07, 6.45) is 1.07. The zero-order chi connectivity index (χ0) is 23.7. The van der Waals surface area contributed by atoms with Crippen molar-refractivity contribution in [1.29, 1.82) is 0 Å². The fraction of sp³-hybridized carbons (Fsp3) is 0.250. The second-order valence-electron chi connectivity index (χ2n) is 8.29. The summed E-state index contributed by atoms with van der Waals surface area (Å²) in [6, 6.07) is 14.7. The first-order valence-corrected chi connectivity index (χ1v) is 11.6. The number of carbonyl (C=O) groups is 3. The Hall–Kier alpha value is -3.92. The van der Waals surface area contributed by atoms with Crippen LogP contribution in [0.2, 0.25) is 0 Å². The minimum Gasteiger partial charge on any atom is -0.454 e. The molecule has 4 amide bonds. The molecule has 10 heteroatoms. The zero-order valence-electron chi connectivity index (χ0n) is 18.4. The third-order valence-corrected chi connectivity index (χ3v) is 6.58. The van der Waals surface area contributed by atoms with Crippen molar-refractivity contribution in [3.05, 3.63) is 59.5 Å². The van der Waals surface area contributed by atoms with Crippen LogP contribution in [0.25, 0.3) is 11.3 Å². The van der Waals surface area contributed by atoms with Crippen LogP contribution in [0.15, 0.2) is 53.9 Å². The molecule has 1 saturated heterocycles. The van der Waals surface area contributed by atoms with Crippen LogP contribution in [0, 0.1) is 0 Å². The van der Waals surface area contributed by atoms with E-state index in [0.717, 1.165) is 16.0 Å². The summed E-state index contributed by atoms with van der Waals surface area (Å²) < 4.78 is 10.7. The molecule has 1 fully saturated rings. The van der Waals surface area contributed by atoms with E-state index in [4.69, 9.17) is 9.47 Å². The Labute approximate surface area is 199 Å². The fourth-order valence-electron chi connectivity index (χ4n) is 3.92. The number of rotatable bonds is 7. The number of hydrogen-bond acceptors (Lipinski definition) is 7. The van der Waals surface area contributed by atoms with Crippen LogP contribution < -0.4 is 20.1 Å². The number of aryl methyl sites for hydroxylation is 1. The molecule has 9 nitrogen and oxygen atoms in total. The van der Waals surface area contributed by atoms with Gasteiger partial charge in [0.15, 0.2) is 16.6 Å². The maximum atomic E-state index is 13.0. The first-order valence-electron chi connectivity index (χ1n) is 10.7. The van der Waals surface area contributed by atoms with Gasteiger partial charge in [0.2, 0.25) is 12.7 Å². The molecular weight excluding hydrogens is 456 g/mol. The van der Waals surface area contributed by atoms with Crippen molar-refractivity contribution in [3.8, 4) is 22.8 Å². The number of nitrogens with zero attached hydrogens (tertiary/aromatic N) is 2. The maximum absolute atomic E-state index is 13.0. The Morgan fingerprint density at radius 2 is 1.97 bits per heavy atom. The van der Waals surface area contributed by atoms with Gasteiger partial charge in [-0.3, -0.25) is 14.5 Å². The van der Waals surface area contributed by atoms with Gasteiger partial charge in [-0.2, -0.15) is 0 Å². The second kappa shape index (κ2) is 8.79. The lowest BCUT2D eigenvalue weighted by Gasteiger charge is -2.21. The Morgan fingerprint density at radius 1 is 1.18 bits per heavy atom. The number of amides is 4. The molecule has 2 aromatic carbocycles. The van der Waals surface area contributed by atoms with E-state index in [2.05, 4.69) is 15.6 Å². The Bertz CT molecular complexity index is 1260. The SMILES string of the molecule is C[C@@]1(CCc2ccccc2)NC(=O)N(CC(=O)Nc2nc(-c3ccc4c(c3)OCO4)cs2)C1=O. The number of imide groups is 1. The molecule has 2 N–H and O–H groups in total. The van der Waals surface area contributed by atoms with Crippen molar-refractivity contribution in [2.45, 2.75) is 25.3 Å². The second-order valence-corrected chi connectivity index (χ2v) is 9.15. The summed E-state index contributed by atoms with van der Waals surface area (Å²) in [7, 11) is 0. The summed E-state index contributed by atoms with van der Waals surface area (Å²) in [5.41, 5.74) is 1.51. The largest absolute Gasteiger partial charge is 0.454 e. The van der Waals surface area contributed by atoms with Crippen molar-refractivity contribution < 1.29 is 23.9 Å². The number of thiazole rings is 1. The topological polar surface area (TPSA) is 110 Å². The molecule has 3 aromatic rings. The number of anilines is 1. The van der Waals surface area contributed by atoms with E-state index in [0.29, 0.717) is 35.2 Å². The number of ether oxygens (including phenoxy) is 2. The van der Waals surface area contributed by atoms with Crippen molar-refractivity contribution >= 4 is 34.3 Å². The van der Waals surface area contributed by atoms with Gasteiger partial charge in [-0.05, 0) is 43.5 Å². The molecule has 174 valence electrons. The third kappa shape index (κ3) is 4.32. The Morgan fingerprint density at radius 3 is 2.79 bits per heavy atom. The lowest BCUT2D eigenvalue weighted by Crippen LogP contribution is -2.45.